The second-order valence-corrected chi connectivity index (χ2v) is 5.36. The zero-order chi connectivity index (χ0) is 15.4. The first-order chi connectivity index (χ1) is 9.95. The molecule has 0 aliphatic carbocycles. The topological polar surface area (TPSA) is 38.3 Å². The van der Waals surface area contributed by atoms with Gasteiger partial charge >= 0.3 is 0 Å². The highest BCUT2D eigenvalue weighted by atomic mass is 16.5. The number of amides is 1. The van der Waals surface area contributed by atoms with Crippen LogP contribution in [0.25, 0.3) is 0 Å². The molecule has 0 unspecified atom stereocenters. The van der Waals surface area contributed by atoms with Gasteiger partial charge in [0.25, 0.3) is 5.91 Å². The molecule has 0 aliphatic rings. The Balaban J connectivity index is 2.00. The minimum absolute atomic E-state index is 0.153. The van der Waals surface area contributed by atoms with Gasteiger partial charge in [-0.2, -0.15) is 0 Å². The van der Waals surface area contributed by atoms with Crippen molar-refractivity contribution in [3.63, 3.8) is 0 Å². The first-order valence-electron chi connectivity index (χ1n) is 7.07. The van der Waals surface area contributed by atoms with Gasteiger partial charge in [0.1, 0.15) is 5.75 Å². The number of carbonyl (C=O) groups is 1. The number of benzene rings is 2. The van der Waals surface area contributed by atoms with Crippen LogP contribution in [0.5, 0.6) is 5.75 Å². The minimum atomic E-state index is -0.548. The lowest BCUT2D eigenvalue weighted by molar-refractivity contribution is -0.122. The quantitative estimate of drug-likeness (QED) is 0.920. The number of ether oxygens (including phenoxy) is 1. The summed E-state index contributed by atoms with van der Waals surface area (Å²) in [6.45, 7) is 7.81. The molecule has 0 spiro atoms. The van der Waals surface area contributed by atoms with E-state index in [2.05, 4.69) is 5.32 Å². The van der Waals surface area contributed by atoms with Crippen molar-refractivity contribution < 1.29 is 9.53 Å². The van der Waals surface area contributed by atoms with Gasteiger partial charge in [-0.15, -0.1) is 0 Å². The molecule has 0 heterocycles. The van der Waals surface area contributed by atoms with Crippen molar-refractivity contribution >= 4 is 11.6 Å². The molecule has 3 heteroatoms. The van der Waals surface area contributed by atoms with Gasteiger partial charge in [0.2, 0.25) is 0 Å². The van der Waals surface area contributed by atoms with Crippen molar-refractivity contribution in [1.82, 2.24) is 0 Å². The molecule has 0 radical (unpaired) electrons. The van der Waals surface area contributed by atoms with Crippen LogP contribution in [0.2, 0.25) is 0 Å². The SMILES string of the molecule is Cc1cccc(O[C@H](C)C(=O)Nc2ccc(C)c(C)c2)c1. The molecule has 2 aromatic rings. The fourth-order valence-corrected chi connectivity index (χ4v) is 2.01. The van der Waals surface area contributed by atoms with E-state index < -0.39 is 6.10 Å². The molecule has 0 saturated carbocycles. The highest BCUT2D eigenvalue weighted by Crippen LogP contribution is 2.17. The lowest BCUT2D eigenvalue weighted by Crippen LogP contribution is -2.30. The van der Waals surface area contributed by atoms with Crippen LogP contribution in [-0.2, 0) is 4.79 Å². The van der Waals surface area contributed by atoms with Crippen LogP contribution in [-0.4, -0.2) is 12.0 Å². The standard InChI is InChI=1S/C18H21NO2/c1-12-6-5-7-17(10-12)21-15(4)18(20)19-16-9-8-13(2)14(3)11-16/h5-11,15H,1-4H3,(H,19,20)/t15-/m1/s1. The predicted molar refractivity (Wildman–Crippen MR) is 85.8 cm³/mol. The van der Waals surface area contributed by atoms with Crippen molar-refractivity contribution in [1.29, 1.82) is 0 Å². The van der Waals surface area contributed by atoms with Crippen LogP contribution in [0.3, 0.4) is 0 Å². The van der Waals surface area contributed by atoms with Crippen LogP contribution in [0.4, 0.5) is 5.69 Å². The minimum Gasteiger partial charge on any atom is -0.481 e. The molecule has 0 bridgehead atoms. The largest absolute Gasteiger partial charge is 0.481 e. The maximum absolute atomic E-state index is 12.2. The van der Waals surface area contributed by atoms with E-state index in [1.165, 1.54) is 5.56 Å². The molecular formula is C18H21NO2. The summed E-state index contributed by atoms with van der Waals surface area (Å²) in [7, 11) is 0. The third kappa shape index (κ3) is 4.09. The fourth-order valence-electron chi connectivity index (χ4n) is 2.01. The average molecular weight is 283 g/mol. The predicted octanol–water partition coefficient (Wildman–Crippen LogP) is 4.02. The van der Waals surface area contributed by atoms with E-state index in [0.717, 1.165) is 16.8 Å². The third-order valence-corrected chi connectivity index (χ3v) is 3.45. The second kappa shape index (κ2) is 6.44. The van der Waals surface area contributed by atoms with E-state index in [4.69, 9.17) is 4.74 Å². The van der Waals surface area contributed by atoms with Crippen LogP contribution < -0.4 is 10.1 Å². The second-order valence-electron chi connectivity index (χ2n) is 5.36. The Morgan fingerprint density at radius 3 is 2.48 bits per heavy atom. The van der Waals surface area contributed by atoms with E-state index in [1.54, 1.807) is 6.92 Å². The van der Waals surface area contributed by atoms with Crippen LogP contribution >= 0.6 is 0 Å². The monoisotopic (exact) mass is 283 g/mol. The number of nitrogens with one attached hydrogen (secondary N) is 1. The van der Waals surface area contributed by atoms with E-state index in [0.29, 0.717) is 5.75 Å². The number of aryl methyl sites for hydroxylation is 3. The molecule has 3 nitrogen and oxygen atoms in total. The summed E-state index contributed by atoms with van der Waals surface area (Å²) in [5, 5.41) is 2.88. The summed E-state index contributed by atoms with van der Waals surface area (Å²) in [4.78, 5) is 12.2. The first-order valence-corrected chi connectivity index (χ1v) is 7.07. The van der Waals surface area contributed by atoms with E-state index in [9.17, 15) is 4.79 Å². The van der Waals surface area contributed by atoms with Gasteiger partial charge < -0.3 is 10.1 Å². The molecule has 1 atom stereocenters. The summed E-state index contributed by atoms with van der Waals surface area (Å²) < 4.78 is 5.67. The zero-order valence-corrected chi connectivity index (χ0v) is 12.9. The van der Waals surface area contributed by atoms with Crippen molar-refractivity contribution in [2.45, 2.75) is 33.8 Å². The Hall–Kier alpha value is -2.29. The molecule has 1 amide bonds. The Bertz CT molecular complexity index is 649. The molecule has 1 N–H and O–H groups in total. The Morgan fingerprint density at radius 2 is 1.81 bits per heavy atom. The molecular weight excluding hydrogens is 262 g/mol. The average Bonchev–Trinajstić information content (AvgIpc) is 2.43. The van der Waals surface area contributed by atoms with E-state index in [1.807, 2.05) is 63.2 Å². The van der Waals surface area contributed by atoms with Gasteiger partial charge in [-0.1, -0.05) is 18.2 Å². The number of carbonyl (C=O) groups excluding carboxylic acids is 1. The molecule has 0 aliphatic heterocycles. The van der Waals surface area contributed by atoms with E-state index >= 15 is 0 Å². The summed E-state index contributed by atoms with van der Waals surface area (Å²) in [6.07, 6.45) is -0.548. The summed E-state index contributed by atoms with van der Waals surface area (Å²) in [5.41, 5.74) is 4.26. The maximum Gasteiger partial charge on any atom is 0.265 e. The normalized spacial score (nSPS) is 11.8. The van der Waals surface area contributed by atoms with Crippen LogP contribution in [0.15, 0.2) is 42.5 Å². The number of rotatable bonds is 4. The molecule has 0 aromatic heterocycles. The molecule has 2 rings (SSSR count). The summed E-state index contributed by atoms with van der Waals surface area (Å²) in [6, 6.07) is 13.5. The third-order valence-electron chi connectivity index (χ3n) is 3.45. The lowest BCUT2D eigenvalue weighted by Gasteiger charge is -2.15. The molecule has 2 aromatic carbocycles. The maximum atomic E-state index is 12.2. The van der Waals surface area contributed by atoms with Gasteiger partial charge in [0.05, 0.1) is 0 Å². The van der Waals surface area contributed by atoms with Gasteiger partial charge in [-0.05, 0) is 68.7 Å². The van der Waals surface area contributed by atoms with E-state index in [-0.39, 0.29) is 5.91 Å². The lowest BCUT2D eigenvalue weighted by atomic mass is 10.1. The van der Waals surface area contributed by atoms with Crippen LogP contribution in [0, 0.1) is 20.8 Å². The Labute approximate surface area is 126 Å². The summed E-state index contributed by atoms with van der Waals surface area (Å²) in [5.74, 6) is 0.553. The number of hydrogen-bond donors (Lipinski definition) is 1. The van der Waals surface area contributed by atoms with Crippen molar-refractivity contribution in [3.05, 3.63) is 59.2 Å². The number of hydrogen-bond acceptors (Lipinski definition) is 2. The number of anilines is 1. The first kappa shape index (κ1) is 15.1. The molecule has 0 fully saturated rings. The van der Waals surface area contributed by atoms with Crippen molar-refractivity contribution in [2.24, 2.45) is 0 Å². The Morgan fingerprint density at radius 1 is 1.05 bits per heavy atom. The smallest absolute Gasteiger partial charge is 0.265 e. The van der Waals surface area contributed by atoms with Crippen molar-refractivity contribution in [3.8, 4) is 5.75 Å². The van der Waals surface area contributed by atoms with Gasteiger partial charge in [0.15, 0.2) is 6.10 Å². The van der Waals surface area contributed by atoms with Gasteiger partial charge in [-0.3, -0.25) is 4.79 Å². The van der Waals surface area contributed by atoms with Gasteiger partial charge in [0, 0.05) is 5.69 Å². The highest BCUT2D eigenvalue weighted by Gasteiger charge is 2.15. The summed E-state index contributed by atoms with van der Waals surface area (Å²) >= 11 is 0. The van der Waals surface area contributed by atoms with Crippen molar-refractivity contribution in [2.75, 3.05) is 5.32 Å². The molecule has 0 saturated heterocycles. The van der Waals surface area contributed by atoms with Gasteiger partial charge in [-0.25, -0.2) is 0 Å². The highest BCUT2D eigenvalue weighted by molar-refractivity contribution is 5.94. The molecule has 110 valence electrons. The Kier molecular flexibility index (Phi) is 4.63. The van der Waals surface area contributed by atoms with Crippen LogP contribution in [0.1, 0.15) is 23.6 Å². The molecule has 21 heavy (non-hydrogen) atoms. The fraction of sp³-hybridized carbons (Fsp3) is 0.278. The zero-order valence-electron chi connectivity index (χ0n) is 12.9.